The molecule has 2 atom stereocenters. The van der Waals surface area contributed by atoms with Gasteiger partial charge in [-0.2, -0.15) is 0 Å². The molecule has 2 saturated heterocycles. The molecule has 1 N–H and O–H groups in total. The highest BCUT2D eigenvalue weighted by molar-refractivity contribution is 5.80. The van der Waals surface area contributed by atoms with Gasteiger partial charge in [-0.15, -0.1) is 0 Å². The van der Waals surface area contributed by atoms with Gasteiger partial charge in [-0.05, 0) is 43.4 Å². The van der Waals surface area contributed by atoms with Crippen LogP contribution in [0.1, 0.15) is 30.4 Å². The van der Waals surface area contributed by atoms with Gasteiger partial charge in [0.15, 0.2) is 0 Å². The van der Waals surface area contributed by atoms with Crippen LogP contribution in [0.15, 0.2) is 33.5 Å². The molecule has 2 aliphatic heterocycles. The minimum atomic E-state index is -0.248. The van der Waals surface area contributed by atoms with Crippen LogP contribution in [-0.4, -0.2) is 30.1 Å². The Morgan fingerprint density at radius 2 is 2.09 bits per heavy atom. The first kappa shape index (κ1) is 14.0. The van der Waals surface area contributed by atoms with E-state index in [1.54, 1.807) is 6.07 Å². The molecule has 0 spiro atoms. The van der Waals surface area contributed by atoms with Gasteiger partial charge in [0.1, 0.15) is 5.58 Å². The van der Waals surface area contributed by atoms with Gasteiger partial charge < -0.3 is 9.73 Å². The lowest BCUT2D eigenvalue weighted by Crippen LogP contribution is -2.35. The number of aryl methyl sites for hydroxylation is 1. The molecular formula is C18H22N2O2. The van der Waals surface area contributed by atoms with Crippen molar-refractivity contribution in [3.63, 3.8) is 0 Å². The third kappa shape index (κ3) is 2.69. The second-order valence-corrected chi connectivity index (χ2v) is 6.75. The topological polar surface area (TPSA) is 45.5 Å². The van der Waals surface area contributed by atoms with E-state index in [9.17, 15) is 4.79 Å². The number of hydrogen-bond acceptors (Lipinski definition) is 4. The summed E-state index contributed by atoms with van der Waals surface area (Å²) in [5, 5.41) is 4.77. The summed E-state index contributed by atoms with van der Waals surface area (Å²) >= 11 is 0. The van der Waals surface area contributed by atoms with Gasteiger partial charge in [-0.25, -0.2) is 4.79 Å². The number of nitrogens with one attached hydrogen (secondary N) is 1. The first-order valence-electron chi connectivity index (χ1n) is 8.19. The Labute approximate surface area is 130 Å². The van der Waals surface area contributed by atoms with Gasteiger partial charge in [0.2, 0.25) is 0 Å². The van der Waals surface area contributed by atoms with Crippen molar-refractivity contribution in [2.75, 3.05) is 13.1 Å². The summed E-state index contributed by atoms with van der Waals surface area (Å²) < 4.78 is 5.36. The van der Waals surface area contributed by atoms with E-state index in [0.717, 1.165) is 36.1 Å². The summed E-state index contributed by atoms with van der Waals surface area (Å²) in [7, 11) is 0. The zero-order chi connectivity index (χ0) is 15.1. The van der Waals surface area contributed by atoms with Crippen LogP contribution >= 0.6 is 0 Å². The molecule has 1 aromatic heterocycles. The summed E-state index contributed by atoms with van der Waals surface area (Å²) in [6.45, 7) is 5.02. The molecule has 116 valence electrons. The highest BCUT2D eigenvalue weighted by atomic mass is 16.4. The number of rotatable bonds is 2. The van der Waals surface area contributed by atoms with Gasteiger partial charge in [0.05, 0.1) is 0 Å². The Hall–Kier alpha value is -1.65. The normalized spacial score (nSPS) is 25.5. The minimum absolute atomic E-state index is 0.248. The second-order valence-electron chi connectivity index (χ2n) is 6.75. The number of nitrogens with zero attached hydrogens (tertiary/aromatic N) is 1. The molecule has 1 aromatic carbocycles. The predicted octanol–water partition coefficient (Wildman–Crippen LogP) is 2.43. The molecule has 4 nitrogen and oxygen atoms in total. The van der Waals surface area contributed by atoms with Gasteiger partial charge in [0.25, 0.3) is 0 Å². The minimum Gasteiger partial charge on any atom is -0.423 e. The van der Waals surface area contributed by atoms with E-state index >= 15 is 0 Å². The molecule has 2 unspecified atom stereocenters. The van der Waals surface area contributed by atoms with Crippen LogP contribution in [-0.2, 0) is 6.54 Å². The van der Waals surface area contributed by atoms with Crippen molar-refractivity contribution in [1.82, 2.24) is 10.2 Å². The van der Waals surface area contributed by atoms with E-state index in [1.165, 1.54) is 19.3 Å². The van der Waals surface area contributed by atoms with Crippen molar-refractivity contribution >= 4 is 11.0 Å². The van der Waals surface area contributed by atoms with Crippen molar-refractivity contribution in [3.8, 4) is 0 Å². The van der Waals surface area contributed by atoms with Gasteiger partial charge in [0, 0.05) is 43.2 Å². The van der Waals surface area contributed by atoms with E-state index in [2.05, 4.69) is 22.3 Å². The summed E-state index contributed by atoms with van der Waals surface area (Å²) in [6.07, 6.45) is 3.79. The average molecular weight is 298 g/mol. The Morgan fingerprint density at radius 1 is 1.23 bits per heavy atom. The van der Waals surface area contributed by atoms with Gasteiger partial charge >= 0.3 is 5.63 Å². The van der Waals surface area contributed by atoms with E-state index in [-0.39, 0.29) is 5.63 Å². The molecule has 22 heavy (non-hydrogen) atoms. The average Bonchev–Trinajstić information content (AvgIpc) is 2.81. The Bertz CT molecular complexity index is 752. The first-order chi connectivity index (χ1) is 10.7. The molecule has 2 fully saturated rings. The Morgan fingerprint density at radius 3 is 3.00 bits per heavy atom. The smallest absolute Gasteiger partial charge is 0.336 e. The van der Waals surface area contributed by atoms with E-state index in [0.29, 0.717) is 17.7 Å². The van der Waals surface area contributed by atoms with Crippen molar-refractivity contribution in [3.05, 3.63) is 45.8 Å². The van der Waals surface area contributed by atoms with E-state index < -0.39 is 0 Å². The molecule has 0 saturated carbocycles. The summed E-state index contributed by atoms with van der Waals surface area (Å²) in [4.78, 5) is 14.3. The van der Waals surface area contributed by atoms with Crippen molar-refractivity contribution in [1.29, 1.82) is 0 Å². The molecule has 2 aliphatic rings. The molecule has 0 aliphatic carbocycles. The maximum atomic E-state index is 11.9. The van der Waals surface area contributed by atoms with E-state index in [1.807, 2.05) is 13.0 Å². The van der Waals surface area contributed by atoms with Crippen molar-refractivity contribution < 1.29 is 4.42 Å². The van der Waals surface area contributed by atoms with Crippen LogP contribution < -0.4 is 10.9 Å². The fraction of sp³-hybridized carbons (Fsp3) is 0.500. The lowest BCUT2D eigenvalue weighted by molar-refractivity contribution is 0.251. The number of fused-ring (bicyclic) bond motifs is 3. The Balaban J connectivity index is 1.65. The fourth-order valence-electron chi connectivity index (χ4n) is 3.87. The molecule has 2 bridgehead atoms. The quantitative estimate of drug-likeness (QED) is 0.865. The predicted molar refractivity (Wildman–Crippen MR) is 87.1 cm³/mol. The lowest BCUT2D eigenvalue weighted by atomic mass is 10.1. The van der Waals surface area contributed by atoms with Crippen LogP contribution in [0.2, 0.25) is 0 Å². The largest absolute Gasteiger partial charge is 0.423 e. The molecule has 2 aromatic rings. The van der Waals surface area contributed by atoms with Crippen LogP contribution in [0.25, 0.3) is 11.0 Å². The third-order valence-corrected chi connectivity index (χ3v) is 4.99. The van der Waals surface area contributed by atoms with Gasteiger partial charge in [-0.3, -0.25) is 4.90 Å². The maximum Gasteiger partial charge on any atom is 0.336 e. The van der Waals surface area contributed by atoms with Crippen molar-refractivity contribution in [2.24, 2.45) is 0 Å². The zero-order valence-electron chi connectivity index (χ0n) is 13.0. The summed E-state index contributed by atoms with van der Waals surface area (Å²) in [5.74, 6) is 0. The molecule has 0 amide bonds. The SMILES string of the molecule is Cc1ccc2c(CN3CCC4CCC(C3)N4)cc(=O)oc2c1. The van der Waals surface area contributed by atoms with Crippen LogP contribution in [0, 0.1) is 6.92 Å². The molecule has 0 radical (unpaired) electrons. The fourth-order valence-corrected chi connectivity index (χ4v) is 3.87. The highest BCUT2D eigenvalue weighted by Gasteiger charge is 2.29. The maximum absolute atomic E-state index is 11.9. The third-order valence-electron chi connectivity index (χ3n) is 4.99. The lowest BCUT2D eigenvalue weighted by Gasteiger charge is -2.24. The molecule has 3 heterocycles. The molecule has 4 rings (SSSR count). The monoisotopic (exact) mass is 298 g/mol. The van der Waals surface area contributed by atoms with Gasteiger partial charge in [-0.1, -0.05) is 12.1 Å². The molecule has 4 heteroatoms. The first-order valence-corrected chi connectivity index (χ1v) is 8.19. The molecular weight excluding hydrogens is 276 g/mol. The number of hydrogen-bond donors (Lipinski definition) is 1. The van der Waals surface area contributed by atoms with E-state index in [4.69, 9.17) is 4.42 Å². The Kier molecular flexibility index (Phi) is 3.51. The van der Waals surface area contributed by atoms with Crippen molar-refractivity contribution in [2.45, 2.75) is 44.8 Å². The second kappa shape index (κ2) is 5.52. The van der Waals surface area contributed by atoms with Crippen LogP contribution in [0.3, 0.4) is 0 Å². The number of benzene rings is 1. The standard InChI is InChI=1S/C18H22N2O2/c1-12-2-5-16-13(9-18(21)22-17(16)8-12)10-20-7-6-14-3-4-15(11-20)19-14/h2,5,8-9,14-15,19H,3-4,6-7,10-11H2,1H3. The summed E-state index contributed by atoms with van der Waals surface area (Å²) in [6, 6.07) is 9.07. The number of likely N-dealkylation sites (tertiary alicyclic amines) is 1. The zero-order valence-corrected chi connectivity index (χ0v) is 13.0. The van der Waals surface area contributed by atoms with Crippen LogP contribution in [0.4, 0.5) is 0 Å². The summed E-state index contributed by atoms with van der Waals surface area (Å²) in [5.41, 5.74) is 2.66. The highest BCUT2D eigenvalue weighted by Crippen LogP contribution is 2.24. The van der Waals surface area contributed by atoms with Crippen LogP contribution in [0.5, 0.6) is 0 Å².